The Morgan fingerprint density at radius 2 is 2.08 bits per heavy atom. The van der Waals surface area contributed by atoms with E-state index in [9.17, 15) is 5.11 Å². The molecule has 1 N–H and O–H groups in total. The number of piperidine rings is 1. The molecule has 0 aromatic carbocycles. The maximum atomic E-state index is 11.0. The lowest BCUT2D eigenvalue weighted by Gasteiger charge is -2.39. The normalized spacial score (nSPS) is 25.1. The number of likely N-dealkylation sites (tertiary alicyclic amines) is 1. The fourth-order valence-electron chi connectivity index (χ4n) is 3.50. The van der Waals surface area contributed by atoms with E-state index >= 15 is 0 Å². The van der Waals surface area contributed by atoms with Crippen molar-refractivity contribution in [1.82, 2.24) is 29.6 Å². The van der Waals surface area contributed by atoms with Gasteiger partial charge in [-0.2, -0.15) is 0 Å². The largest absolute Gasteiger partial charge is 0.388 e. The molecule has 7 heteroatoms. The molecule has 1 saturated carbocycles. The molecule has 1 aliphatic heterocycles. The molecule has 2 aromatic rings. The summed E-state index contributed by atoms with van der Waals surface area (Å²) in [5, 5.41) is 19.0. The molecule has 1 saturated heterocycles. The molecule has 1 unspecified atom stereocenters. The van der Waals surface area contributed by atoms with Gasteiger partial charge in [0.25, 0.3) is 0 Å². The van der Waals surface area contributed by atoms with Gasteiger partial charge in [-0.25, -0.2) is 9.97 Å². The van der Waals surface area contributed by atoms with Gasteiger partial charge in [0.2, 0.25) is 0 Å². The van der Waals surface area contributed by atoms with Crippen LogP contribution in [0.3, 0.4) is 0 Å². The molecule has 128 valence electrons. The van der Waals surface area contributed by atoms with Gasteiger partial charge in [0, 0.05) is 50.4 Å². The van der Waals surface area contributed by atoms with E-state index in [0.29, 0.717) is 18.9 Å². The Kier molecular flexibility index (Phi) is 4.05. The standard InChI is InChI=1S/C17H24N6O/c1-22-12-20-21-15(22)7-17(24)5-2-6-23(11-17)10-13-8-18-16(19-9-13)14-3-4-14/h8-9,12,14,24H,2-7,10-11H2,1H3. The highest BCUT2D eigenvalue weighted by Crippen LogP contribution is 2.37. The maximum Gasteiger partial charge on any atom is 0.135 e. The summed E-state index contributed by atoms with van der Waals surface area (Å²) >= 11 is 0. The second-order valence-corrected chi connectivity index (χ2v) is 7.30. The van der Waals surface area contributed by atoms with Crippen molar-refractivity contribution in [2.75, 3.05) is 13.1 Å². The Morgan fingerprint density at radius 3 is 2.75 bits per heavy atom. The average Bonchev–Trinajstić information content (AvgIpc) is 3.33. The first kappa shape index (κ1) is 15.7. The van der Waals surface area contributed by atoms with Gasteiger partial charge in [-0.05, 0) is 32.2 Å². The smallest absolute Gasteiger partial charge is 0.135 e. The predicted octanol–water partition coefficient (Wildman–Crippen LogP) is 1.05. The van der Waals surface area contributed by atoms with Crippen molar-refractivity contribution in [1.29, 1.82) is 0 Å². The maximum absolute atomic E-state index is 11.0. The van der Waals surface area contributed by atoms with Crippen LogP contribution < -0.4 is 0 Å². The van der Waals surface area contributed by atoms with Crippen LogP contribution in [0.15, 0.2) is 18.7 Å². The molecule has 1 atom stereocenters. The SMILES string of the molecule is Cn1cnnc1CC1(O)CCCN(Cc2cnc(C3CC3)nc2)C1. The van der Waals surface area contributed by atoms with Crippen LogP contribution in [0.25, 0.3) is 0 Å². The molecule has 0 spiro atoms. The lowest BCUT2D eigenvalue weighted by molar-refractivity contribution is -0.0345. The topological polar surface area (TPSA) is 80.0 Å². The van der Waals surface area contributed by atoms with Crippen LogP contribution >= 0.6 is 0 Å². The minimum absolute atomic E-state index is 0.539. The molecule has 3 heterocycles. The van der Waals surface area contributed by atoms with Crippen molar-refractivity contribution >= 4 is 0 Å². The highest BCUT2D eigenvalue weighted by atomic mass is 16.3. The Hall–Kier alpha value is -1.86. The van der Waals surface area contributed by atoms with Crippen molar-refractivity contribution < 1.29 is 5.11 Å². The number of β-amino-alcohol motifs (C(OH)–C–C–N with tert-alkyl or cyclic N) is 1. The molecule has 0 bridgehead atoms. The van der Waals surface area contributed by atoms with E-state index in [2.05, 4.69) is 25.1 Å². The van der Waals surface area contributed by atoms with Crippen LogP contribution in [0, 0.1) is 0 Å². The monoisotopic (exact) mass is 328 g/mol. The number of hydrogen-bond donors (Lipinski definition) is 1. The van der Waals surface area contributed by atoms with Crippen LogP contribution in [0.1, 0.15) is 48.8 Å². The van der Waals surface area contributed by atoms with Crippen LogP contribution in [0.4, 0.5) is 0 Å². The summed E-state index contributed by atoms with van der Waals surface area (Å²) in [4.78, 5) is 11.3. The summed E-state index contributed by atoms with van der Waals surface area (Å²) in [6, 6.07) is 0. The van der Waals surface area contributed by atoms with Crippen LogP contribution in [-0.4, -0.2) is 53.4 Å². The van der Waals surface area contributed by atoms with E-state index < -0.39 is 5.60 Å². The first-order chi connectivity index (χ1) is 11.6. The molecule has 0 radical (unpaired) electrons. The minimum atomic E-state index is -0.742. The van der Waals surface area contributed by atoms with Gasteiger partial charge in [-0.1, -0.05) is 0 Å². The molecule has 2 aromatic heterocycles. The number of aromatic nitrogens is 5. The fraction of sp³-hybridized carbons (Fsp3) is 0.647. The van der Waals surface area contributed by atoms with E-state index in [0.717, 1.165) is 43.1 Å². The van der Waals surface area contributed by atoms with Gasteiger partial charge in [-0.3, -0.25) is 4.90 Å². The zero-order valence-electron chi connectivity index (χ0n) is 14.1. The van der Waals surface area contributed by atoms with Crippen molar-refractivity contribution in [2.45, 2.75) is 50.2 Å². The average molecular weight is 328 g/mol. The van der Waals surface area contributed by atoms with Crippen LogP contribution in [0.2, 0.25) is 0 Å². The zero-order valence-corrected chi connectivity index (χ0v) is 14.1. The summed E-state index contributed by atoms with van der Waals surface area (Å²) < 4.78 is 1.88. The Bertz CT molecular complexity index is 695. The molecule has 2 fully saturated rings. The summed E-state index contributed by atoms with van der Waals surface area (Å²) in [6.07, 6.45) is 10.3. The van der Waals surface area contributed by atoms with Crippen molar-refractivity contribution in [3.8, 4) is 0 Å². The summed E-state index contributed by atoms with van der Waals surface area (Å²) in [7, 11) is 1.91. The predicted molar refractivity (Wildman–Crippen MR) is 88.2 cm³/mol. The van der Waals surface area contributed by atoms with E-state index in [1.807, 2.05) is 24.0 Å². The fourth-order valence-corrected chi connectivity index (χ4v) is 3.50. The van der Waals surface area contributed by atoms with Gasteiger partial charge < -0.3 is 9.67 Å². The number of aryl methyl sites for hydroxylation is 1. The number of aliphatic hydroxyl groups is 1. The van der Waals surface area contributed by atoms with Gasteiger partial charge in [0.15, 0.2) is 0 Å². The zero-order chi connectivity index (χ0) is 16.6. The summed E-state index contributed by atoms with van der Waals surface area (Å²) in [6.45, 7) is 2.42. The van der Waals surface area contributed by atoms with E-state index in [4.69, 9.17) is 0 Å². The molecule has 24 heavy (non-hydrogen) atoms. The number of rotatable bonds is 5. The highest BCUT2D eigenvalue weighted by Gasteiger charge is 2.35. The Morgan fingerprint density at radius 1 is 1.29 bits per heavy atom. The number of hydrogen-bond acceptors (Lipinski definition) is 6. The third-order valence-electron chi connectivity index (χ3n) is 5.00. The van der Waals surface area contributed by atoms with Crippen molar-refractivity contribution in [3.05, 3.63) is 35.9 Å². The van der Waals surface area contributed by atoms with Gasteiger partial charge in [0.05, 0.1) is 5.60 Å². The van der Waals surface area contributed by atoms with Crippen molar-refractivity contribution in [2.24, 2.45) is 7.05 Å². The molecule has 4 rings (SSSR count). The van der Waals surface area contributed by atoms with Crippen LogP contribution in [0.5, 0.6) is 0 Å². The molecular weight excluding hydrogens is 304 g/mol. The lowest BCUT2D eigenvalue weighted by Crippen LogP contribution is -2.49. The number of nitrogens with zero attached hydrogens (tertiary/aromatic N) is 6. The second kappa shape index (κ2) is 6.22. The van der Waals surface area contributed by atoms with Crippen LogP contribution in [-0.2, 0) is 20.0 Å². The summed E-state index contributed by atoms with van der Waals surface area (Å²) in [5.41, 5.74) is 0.371. The van der Waals surface area contributed by atoms with Gasteiger partial charge in [0.1, 0.15) is 18.0 Å². The van der Waals surface area contributed by atoms with Gasteiger partial charge in [-0.15, -0.1) is 10.2 Å². The van der Waals surface area contributed by atoms with E-state index in [-0.39, 0.29) is 0 Å². The molecule has 2 aliphatic rings. The highest BCUT2D eigenvalue weighted by molar-refractivity contribution is 5.11. The molecule has 7 nitrogen and oxygen atoms in total. The second-order valence-electron chi connectivity index (χ2n) is 7.30. The minimum Gasteiger partial charge on any atom is -0.388 e. The quantitative estimate of drug-likeness (QED) is 0.884. The van der Waals surface area contributed by atoms with Crippen molar-refractivity contribution in [3.63, 3.8) is 0 Å². The summed E-state index contributed by atoms with van der Waals surface area (Å²) in [5.74, 6) is 2.40. The van der Waals surface area contributed by atoms with E-state index in [1.54, 1.807) is 6.33 Å². The Balaban J connectivity index is 1.39. The Labute approximate surface area is 141 Å². The molecule has 1 aliphatic carbocycles. The lowest BCUT2D eigenvalue weighted by atomic mass is 9.89. The first-order valence-corrected chi connectivity index (χ1v) is 8.70. The van der Waals surface area contributed by atoms with E-state index in [1.165, 1.54) is 12.8 Å². The van der Waals surface area contributed by atoms with Gasteiger partial charge >= 0.3 is 0 Å². The third-order valence-corrected chi connectivity index (χ3v) is 5.00. The molecular formula is C17H24N6O. The first-order valence-electron chi connectivity index (χ1n) is 8.70. The molecule has 0 amide bonds. The third kappa shape index (κ3) is 3.47.